The number of fused-ring (bicyclic) bond motifs is 1. The molecule has 0 bridgehead atoms. The standard InChI is InChI=1S/C26H26N4O2/c1-15-7-8-18(13-16(15)2)24-23-22(21(14-27)25(28)32-26(23)30-29-24)17-9-11-20(12-10-17)31-19-5-3-4-6-19/h7-13,19,22H,3-6,28H2,1-2H3,(H,29,30). The van der Waals surface area contributed by atoms with E-state index in [0.29, 0.717) is 17.6 Å². The van der Waals surface area contributed by atoms with E-state index in [9.17, 15) is 5.26 Å². The van der Waals surface area contributed by atoms with Crippen LogP contribution in [0.5, 0.6) is 11.6 Å². The second-order valence-corrected chi connectivity index (χ2v) is 8.63. The van der Waals surface area contributed by atoms with E-state index >= 15 is 0 Å². The van der Waals surface area contributed by atoms with E-state index in [1.165, 1.54) is 24.0 Å². The summed E-state index contributed by atoms with van der Waals surface area (Å²) in [5.41, 5.74) is 12.5. The molecule has 1 saturated carbocycles. The maximum Gasteiger partial charge on any atom is 0.244 e. The molecule has 0 saturated heterocycles. The van der Waals surface area contributed by atoms with Gasteiger partial charge in [-0.3, -0.25) is 5.10 Å². The molecule has 3 N–H and O–H groups in total. The summed E-state index contributed by atoms with van der Waals surface area (Å²) in [5, 5.41) is 17.4. The van der Waals surface area contributed by atoms with Gasteiger partial charge in [0, 0.05) is 5.56 Å². The van der Waals surface area contributed by atoms with Crippen LogP contribution in [0.15, 0.2) is 53.9 Å². The Labute approximate surface area is 187 Å². The second-order valence-electron chi connectivity index (χ2n) is 8.63. The highest BCUT2D eigenvalue weighted by atomic mass is 16.5. The highest BCUT2D eigenvalue weighted by molar-refractivity contribution is 5.71. The predicted molar refractivity (Wildman–Crippen MR) is 122 cm³/mol. The molecule has 2 aliphatic rings. The van der Waals surface area contributed by atoms with Crippen LogP contribution in [-0.2, 0) is 0 Å². The number of benzene rings is 2. The van der Waals surface area contributed by atoms with Gasteiger partial charge in [-0.1, -0.05) is 24.3 Å². The normalized spacial score (nSPS) is 18.2. The van der Waals surface area contributed by atoms with Gasteiger partial charge >= 0.3 is 0 Å². The average Bonchev–Trinajstić information content (AvgIpc) is 3.45. The Bertz CT molecular complexity index is 1230. The van der Waals surface area contributed by atoms with Crippen LogP contribution in [0.1, 0.15) is 53.9 Å². The number of aromatic nitrogens is 2. The number of aryl methyl sites for hydroxylation is 2. The number of aromatic amines is 1. The molecule has 32 heavy (non-hydrogen) atoms. The van der Waals surface area contributed by atoms with Crippen molar-refractivity contribution in [3.8, 4) is 29.0 Å². The van der Waals surface area contributed by atoms with Gasteiger partial charge in [0.1, 0.15) is 17.4 Å². The van der Waals surface area contributed by atoms with E-state index in [1.807, 2.05) is 24.3 Å². The molecule has 0 amide bonds. The highest BCUT2D eigenvalue weighted by Crippen LogP contribution is 2.46. The van der Waals surface area contributed by atoms with Crippen LogP contribution < -0.4 is 15.2 Å². The van der Waals surface area contributed by atoms with Gasteiger partial charge in [-0.15, -0.1) is 5.10 Å². The summed E-state index contributed by atoms with van der Waals surface area (Å²) in [5.74, 6) is 0.977. The van der Waals surface area contributed by atoms with Crippen molar-refractivity contribution in [2.45, 2.75) is 51.6 Å². The molecule has 0 radical (unpaired) electrons. The number of hydrogen-bond donors (Lipinski definition) is 2. The quantitative estimate of drug-likeness (QED) is 0.595. The predicted octanol–water partition coefficient (Wildman–Crippen LogP) is 5.23. The molecule has 2 heterocycles. The fourth-order valence-electron chi connectivity index (χ4n) is 4.63. The molecule has 1 aliphatic carbocycles. The summed E-state index contributed by atoms with van der Waals surface area (Å²) in [4.78, 5) is 0. The lowest BCUT2D eigenvalue weighted by Crippen LogP contribution is -2.21. The fourth-order valence-corrected chi connectivity index (χ4v) is 4.63. The molecule has 0 spiro atoms. The van der Waals surface area contributed by atoms with Gasteiger partial charge in [0.25, 0.3) is 0 Å². The SMILES string of the molecule is Cc1ccc(-c2[nH]nc3c2C(c2ccc(OC4CCCC4)cc2)C(C#N)=C(N)O3)cc1C. The van der Waals surface area contributed by atoms with Crippen LogP contribution in [0.25, 0.3) is 11.3 Å². The molecular weight excluding hydrogens is 400 g/mol. The van der Waals surface area contributed by atoms with Crippen molar-refractivity contribution in [2.24, 2.45) is 5.73 Å². The number of H-pyrrole nitrogens is 1. The number of ether oxygens (including phenoxy) is 2. The fraction of sp³-hybridized carbons (Fsp3) is 0.308. The lowest BCUT2D eigenvalue weighted by atomic mass is 9.83. The van der Waals surface area contributed by atoms with Crippen molar-refractivity contribution in [3.63, 3.8) is 0 Å². The second kappa shape index (κ2) is 8.08. The molecule has 6 nitrogen and oxygen atoms in total. The van der Waals surface area contributed by atoms with Crippen LogP contribution in [-0.4, -0.2) is 16.3 Å². The highest BCUT2D eigenvalue weighted by Gasteiger charge is 2.35. The van der Waals surface area contributed by atoms with Gasteiger partial charge in [0.05, 0.1) is 23.3 Å². The number of nitriles is 1. The lowest BCUT2D eigenvalue weighted by Gasteiger charge is -2.24. The molecule has 1 fully saturated rings. The molecule has 1 atom stereocenters. The van der Waals surface area contributed by atoms with Gasteiger partial charge in [0.2, 0.25) is 11.8 Å². The molecule has 2 aromatic carbocycles. The third-order valence-corrected chi connectivity index (χ3v) is 6.55. The Morgan fingerprint density at radius 3 is 2.53 bits per heavy atom. The summed E-state index contributed by atoms with van der Waals surface area (Å²) in [7, 11) is 0. The number of allylic oxidation sites excluding steroid dienone is 1. The summed E-state index contributed by atoms with van der Waals surface area (Å²) < 4.78 is 11.8. The van der Waals surface area contributed by atoms with Gasteiger partial charge in [-0.25, -0.2) is 0 Å². The number of nitrogens with two attached hydrogens (primary N) is 1. The minimum absolute atomic E-state index is 0.0921. The Kier molecular flexibility index (Phi) is 5.10. The topological polar surface area (TPSA) is 97.0 Å². The zero-order valence-corrected chi connectivity index (χ0v) is 18.3. The van der Waals surface area contributed by atoms with E-state index in [-0.39, 0.29) is 11.8 Å². The van der Waals surface area contributed by atoms with Crippen LogP contribution in [0.4, 0.5) is 0 Å². The number of nitrogens with one attached hydrogen (secondary N) is 1. The summed E-state index contributed by atoms with van der Waals surface area (Å²) in [6.07, 6.45) is 4.97. The first-order chi connectivity index (χ1) is 15.5. The minimum atomic E-state index is -0.375. The smallest absolute Gasteiger partial charge is 0.244 e. The lowest BCUT2D eigenvalue weighted by molar-refractivity contribution is 0.210. The minimum Gasteiger partial charge on any atom is -0.490 e. The average molecular weight is 427 g/mol. The maximum atomic E-state index is 9.92. The molecular formula is C26H26N4O2. The molecule has 5 rings (SSSR count). The molecule has 3 aromatic rings. The van der Waals surface area contributed by atoms with Crippen molar-refractivity contribution < 1.29 is 9.47 Å². The molecule has 1 aromatic heterocycles. The maximum absolute atomic E-state index is 9.92. The molecule has 1 aliphatic heterocycles. The summed E-state index contributed by atoms with van der Waals surface area (Å²) >= 11 is 0. The monoisotopic (exact) mass is 426 g/mol. The molecule has 1 unspecified atom stereocenters. The Balaban J connectivity index is 1.56. The van der Waals surface area contributed by atoms with Gasteiger partial charge in [-0.05, 0) is 74.4 Å². The molecule has 6 heteroatoms. The molecule has 162 valence electrons. The Hall–Kier alpha value is -3.72. The van der Waals surface area contributed by atoms with Crippen LogP contribution in [0.3, 0.4) is 0 Å². The largest absolute Gasteiger partial charge is 0.490 e. The summed E-state index contributed by atoms with van der Waals surface area (Å²) in [6, 6.07) is 16.5. The van der Waals surface area contributed by atoms with Crippen molar-refractivity contribution in [2.75, 3.05) is 0 Å². The third kappa shape index (κ3) is 3.50. The third-order valence-electron chi connectivity index (χ3n) is 6.55. The Morgan fingerprint density at radius 2 is 1.84 bits per heavy atom. The van der Waals surface area contributed by atoms with E-state index in [2.05, 4.69) is 48.3 Å². The van der Waals surface area contributed by atoms with E-state index < -0.39 is 0 Å². The van der Waals surface area contributed by atoms with Crippen molar-refractivity contribution in [3.05, 3.63) is 76.2 Å². The first-order valence-corrected chi connectivity index (χ1v) is 11.0. The van der Waals surface area contributed by atoms with Crippen LogP contribution in [0, 0.1) is 25.2 Å². The number of nitrogens with zero attached hydrogens (tertiary/aromatic N) is 2. The Morgan fingerprint density at radius 1 is 1.09 bits per heavy atom. The van der Waals surface area contributed by atoms with Gasteiger partial charge < -0.3 is 15.2 Å². The van der Waals surface area contributed by atoms with Gasteiger partial charge in [-0.2, -0.15) is 5.26 Å². The first-order valence-electron chi connectivity index (χ1n) is 11.0. The van der Waals surface area contributed by atoms with E-state index in [4.69, 9.17) is 15.2 Å². The number of hydrogen-bond acceptors (Lipinski definition) is 5. The van der Waals surface area contributed by atoms with Gasteiger partial charge in [0.15, 0.2) is 0 Å². The summed E-state index contributed by atoms with van der Waals surface area (Å²) in [6.45, 7) is 4.16. The van der Waals surface area contributed by atoms with E-state index in [1.54, 1.807) is 0 Å². The van der Waals surface area contributed by atoms with Crippen molar-refractivity contribution in [1.29, 1.82) is 5.26 Å². The van der Waals surface area contributed by atoms with E-state index in [0.717, 1.165) is 41.0 Å². The number of rotatable bonds is 4. The van der Waals surface area contributed by atoms with Crippen molar-refractivity contribution in [1.82, 2.24) is 10.2 Å². The van der Waals surface area contributed by atoms with Crippen LogP contribution >= 0.6 is 0 Å². The zero-order chi connectivity index (χ0) is 22.2. The van der Waals surface area contributed by atoms with Crippen molar-refractivity contribution >= 4 is 0 Å². The van der Waals surface area contributed by atoms with Crippen LogP contribution in [0.2, 0.25) is 0 Å². The zero-order valence-electron chi connectivity index (χ0n) is 18.3. The first kappa shape index (κ1) is 20.2.